The van der Waals surface area contributed by atoms with Crippen molar-refractivity contribution in [3.05, 3.63) is 39.9 Å². The summed E-state index contributed by atoms with van der Waals surface area (Å²) in [6.07, 6.45) is 1.62. The molecule has 0 spiro atoms. The van der Waals surface area contributed by atoms with E-state index in [1.165, 1.54) is 12.0 Å². The average molecular weight is 494 g/mol. The molecule has 1 aromatic carbocycles. The first-order valence-electron chi connectivity index (χ1n) is 11.7. The number of carbonyl (C=O) groups is 3. The molecule has 13 heteroatoms. The van der Waals surface area contributed by atoms with Gasteiger partial charge in [-0.15, -0.1) is 5.43 Å². The number of hydrogen-bond acceptors (Lipinski definition) is 8. The van der Waals surface area contributed by atoms with Crippen molar-refractivity contribution in [3.8, 4) is 5.75 Å². The van der Waals surface area contributed by atoms with Gasteiger partial charge >= 0.3 is 0 Å². The van der Waals surface area contributed by atoms with E-state index in [9.17, 15) is 24.5 Å². The van der Waals surface area contributed by atoms with Crippen LogP contribution in [-0.4, -0.2) is 72.8 Å². The summed E-state index contributed by atoms with van der Waals surface area (Å²) >= 11 is 0. The molecule has 6 N–H and O–H groups in total. The Kier molecular flexibility index (Phi) is 11.2. The third kappa shape index (κ3) is 8.68. The maximum atomic E-state index is 13.4. The molecule has 3 unspecified atom stereocenters. The minimum Gasteiger partial charge on any atom is -0.497 e. The summed E-state index contributed by atoms with van der Waals surface area (Å²) in [4.78, 5) is 50.9. The minimum atomic E-state index is -1.06. The smallest absolute Gasteiger partial charge is 0.251 e. The Bertz CT molecular complexity index is 866. The van der Waals surface area contributed by atoms with Crippen LogP contribution in [0.2, 0.25) is 0 Å². The first kappa shape index (κ1) is 27.8. The number of nitro groups is 1. The van der Waals surface area contributed by atoms with Crippen molar-refractivity contribution in [2.75, 3.05) is 26.7 Å². The first-order chi connectivity index (χ1) is 16.8. The molecule has 194 valence electrons. The zero-order chi connectivity index (χ0) is 25.8. The number of ether oxygens (including phenoxy) is 1. The fourth-order valence-electron chi connectivity index (χ4n) is 3.83. The number of nitrogens with two attached hydrogens (primary N) is 1. The van der Waals surface area contributed by atoms with Crippen molar-refractivity contribution >= 4 is 17.7 Å². The van der Waals surface area contributed by atoms with Crippen LogP contribution in [0.1, 0.15) is 49.4 Å². The molecule has 1 fully saturated rings. The van der Waals surface area contributed by atoms with E-state index in [4.69, 9.17) is 10.5 Å². The molecule has 1 aromatic rings. The van der Waals surface area contributed by atoms with E-state index in [1.54, 1.807) is 24.3 Å². The molecule has 3 amide bonds. The number of benzene rings is 1. The third-order valence-corrected chi connectivity index (χ3v) is 5.62. The van der Waals surface area contributed by atoms with E-state index < -0.39 is 29.3 Å². The van der Waals surface area contributed by atoms with Crippen LogP contribution in [0.4, 0.5) is 0 Å². The molecule has 0 aromatic heterocycles. The molecule has 13 nitrogen and oxygen atoms in total. The lowest BCUT2D eigenvalue weighted by Crippen LogP contribution is -2.54. The van der Waals surface area contributed by atoms with Gasteiger partial charge in [-0.1, -0.05) is 6.92 Å². The van der Waals surface area contributed by atoms with E-state index in [0.29, 0.717) is 43.7 Å². The average Bonchev–Trinajstić information content (AvgIpc) is 3.33. The fraction of sp³-hybridized carbons (Fsp3) is 0.591. The SMILES string of the molecule is CCCNC(=O)C1CCCN1C(=O)C(CCCNC(N)N[N+](=O)[O-])NC(=O)c1ccc(OC)cc1. The molecule has 1 saturated heterocycles. The van der Waals surface area contributed by atoms with E-state index in [0.717, 1.165) is 6.42 Å². The third-order valence-electron chi connectivity index (χ3n) is 5.62. The van der Waals surface area contributed by atoms with Gasteiger partial charge < -0.3 is 20.3 Å². The van der Waals surface area contributed by atoms with Crippen molar-refractivity contribution in [1.82, 2.24) is 26.3 Å². The van der Waals surface area contributed by atoms with Crippen molar-refractivity contribution in [1.29, 1.82) is 0 Å². The Morgan fingerprint density at radius 1 is 1.26 bits per heavy atom. The molecule has 1 heterocycles. The van der Waals surface area contributed by atoms with Crippen molar-refractivity contribution in [2.45, 2.75) is 57.4 Å². The van der Waals surface area contributed by atoms with E-state index >= 15 is 0 Å². The summed E-state index contributed by atoms with van der Waals surface area (Å²) in [5.41, 5.74) is 7.80. The van der Waals surface area contributed by atoms with Crippen LogP contribution in [0.5, 0.6) is 5.75 Å². The van der Waals surface area contributed by atoms with Crippen molar-refractivity contribution in [3.63, 3.8) is 0 Å². The molecule has 0 radical (unpaired) electrons. The standard InChI is InChI=1S/C22H35N7O6/c1-3-12-24-20(31)18-7-5-14-28(18)21(32)17(6-4-13-25-22(23)27-29(33)34)26-19(30)15-8-10-16(35-2)11-9-15/h8-11,17-18,22,25,27H,3-7,12-14,23H2,1-2H3,(H,24,31)(H,26,30). The number of likely N-dealkylation sites (tertiary alicyclic amines) is 1. The molecular formula is C22H35N7O6. The van der Waals surface area contributed by atoms with Gasteiger partial charge in [-0.25, -0.2) is 10.1 Å². The van der Waals surface area contributed by atoms with Gasteiger partial charge in [0.25, 0.3) is 5.91 Å². The summed E-state index contributed by atoms with van der Waals surface area (Å²) in [6.45, 7) is 3.17. The van der Waals surface area contributed by atoms with Gasteiger partial charge in [-0.3, -0.25) is 25.4 Å². The van der Waals surface area contributed by atoms with Gasteiger partial charge in [0.05, 0.1) is 7.11 Å². The largest absolute Gasteiger partial charge is 0.497 e. The molecule has 0 saturated carbocycles. The number of carbonyl (C=O) groups excluding carboxylic acids is 3. The van der Waals surface area contributed by atoms with Crippen LogP contribution in [0.15, 0.2) is 24.3 Å². The predicted octanol–water partition coefficient (Wildman–Crippen LogP) is -0.296. The van der Waals surface area contributed by atoms with E-state index in [1.807, 2.05) is 12.3 Å². The zero-order valence-electron chi connectivity index (χ0n) is 20.1. The molecule has 0 aliphatic carbocycles. The summed E-state index contributed by atoms with van der Waals surface area (Å²) in [5.74, 6) is -0.375. The number of rotatable bonds is 14. The highest BCUT2D eigenvalue weighted by Gasteiger charge is 2.37. The molecule has 2 rings (SSSR count). The van der Waals surface area contributed by atoms with Gasteiger partial charge in [0.2, 0.25) is 11.8 Å². The van der Waals surface area contributed by atoms with Gasteiger partial charge in [-0.05, 0) is 62.9 Å². The van der Waals surface area contributed by atoms with Crippen LogP contribution in [0, 0.1) is 10.1 Å². The second-order valence-corrected chi connectivity index (χ2v) is 8.20. The number of nitrogens with one attached hydrogen (secondary N) is 4. The van der Waals surface area contributed by atoms with Crippen LogP contribution in [0.25, 0.3) is 0 Å². The molecule has 3 atom stereocenters. The Hall–Kier alpha value is -3.45. The highest BCUT2D eigenvalue weighted by atomic mass is 16.7. The summed E-state index contributed by atoms with van der Waals surface area (Å²) in [6, 6.07) is 5.02. The normalized spacial score (nSPS) is 16.8. The van der Waals surface area contributed by atoms with E-state index in [-0.39, 0.29) is 24.8 Å². The Balaban J connectivity index is 2.08. The topological polar surface area (TPSA) is 181 Å². The maximum absolute atomic E-state index is 13.4. The maximum Gasteiger partial charge on any atom is 0.251 e. The van der Waals surface area contributed by atoms with Crippen LogP contribution in [0.3, 0.4) is 0 Å². The summed E-state index contributed by atoms with van der Waals surface area (Å²) in [5, 5.41) is 18.1. The predicted molar refractivity (Wildman–Crippen MR) is 128 cm³/mol. The Labute approximate surface area is 204 Å². The number of hydrogen-bond donors (Lipinski definition) is 5. The Morgan fingerprint density at radius 2 is 1.97 bits per heavy atom. The van der Waals surface area contributed by atoms with Crippen molar-refractivity contribution in [2.24, 2.45) is 5.73 Å². The minimum absolute atomic E-state index is 0.198. The molecule has 0 bridgehead atoms. The molecular weight excluding hydrogens is 458 g/mol. The lowest BCUT2D eigenvalue weighted by Gasteiger charge is -2.29. The van der Waals surface area contributed by atoms with Crippen LogP contribution >= 0.6 is 0 Å². The zero-order valence-corrected chi connectivity index (χ0v) is 20.1. The summed E-state index contributed by atoms with van der Waals surface area (Å²) < 4.78 is 5.11. The molecule has 35 heavy (non-hydrogen) atoms. The lowest BCUT2D eigenvalue weighted by molar-refractivity contribution is -0.552. The van der Waals surface area contributed by atoms with Gasteiger partial charge in [0.15, 0.2) is 11.3 Å². The van der Waals surface area contributed by atoms with Crippen LogP contribution < -0.4 is 31.8 Å². The lowest BCUT2D eigenvalue weighted by atomic mass is 10.1. The summed E-state index contributed by atoms with van der Waals surface area (Å²) in [7, 11) is 1.52. The second-order valence-electron chi connectivity index (χ2n) is 8.20. The highest BCUT2D eigenvalue weighted by molar-refractivity contribution is 5.98. The quantitative estimate of drug-likeness (QED) is 0.101. The highest BCUT2D eigenvalue weighted by Crippen LogP contribution is 2.20. The number of hydrazine groups is 1. The van der Waals surface area contributed by atoms with E-state index in [2.05, 4.69) is 16.0 Å². The second kappa shape index (κ2) is 14.1. The molecule has 1 aliphatic heterocycles. The van der Waals surface area contributed by atoms with Gasteiger partial charge in [0.1, 0.15) is 17.8 Å². The fourth-order valence-corrected chi connectivity index (χ4v) is 3.83. The number of amides is 3. The first-order valence-corrected chi connectivity index (χ1v) is 11.7. The van der Waals surface area contributed by atoms with Gasteiger partial charge in [-0.2, -0.15) is 0 Å². The monoisotopic (exact) mass is 493 g/mol. The van der Waals surface area contributed by atoms with Crippen molar-refractivity contribution < 1.29 is 24.2 Å². The van der Waals surface area contributed by atoms with Crippen LogP contribution in [-0.2, 0) is 9.59 Å². The Morgan fingerprint density at radius 3 is 2.60 bits per heavy atom. The molecule has 1 aliphatic rings. The number of nitrogens with zero attached hydrogens (tertiary/aromatic N) is 2. The number of methoxy groups -OCH3 is 1. The van der Waals surface area contributed by atoms with Gasteiger partial charge in [0, 0.05) is 18.7 Å².